The molecule has 2 aliphatic rings. The van der Waals surface area contributed by atoms with Gasteiger partial charge in [0.25, 0.3) is 0 Å². The number of nitrogens with zero attached hydrogens (tertiary/aromatic N) is 1. The first-order valence-electron chi connectivity index (χ1n) is 7.29. The Kier molecular flexibility index (Phi) is 3.24. The number of aryl methyl sites for hydroxylation is 1. The number of likely N-dealkylation sites (tertiary alicyclic amines) is 1. The van der Waals surface area contributed by atoms with Crippen molar-refractivity contribution in [1.29, 1.82) is 0 Å². The summed E-state index contributed by atoms with van der Waals surface area (Å²) in [5.74, 6) is -0.111. The number of hydrogen-bond acceptors (Lipinski definition) is 2. The monoisotopic (exact) mass is 272 g/mol. The normalized spacial score (nSPS) is 19.8. The molecule has 0 spiro atoms. The molecule has 0 radical (unpaired) electrons. The van der Waals surface area contributed by atoms with Crippen LogP contribution in [0.5, 0.6) is 0 Å². The number of carbonyl (C=O) groups is 2. The molecular formula is C16H20N2O2. The fourth-order valence-corrected chi connectivity index (χ4v) is 2.86. The minimum atomic E-state index is -0.784. The van der Waals surface area contributed by atoms with E-state index in [9.17, 15) is 9.59 Å². The molecule has 0 aromatic heterocycles. The molecular weight excluding hydrogens is 252 g/mol. The van der Waals surface area contributed by atoms with E-state index in [4.69, 9.17) is 0 Å². The lowest BCUT2D eigenvalue weighted by Crippen LogP contribution is -2.41. The Morgan fingerprint density at radius 2 is 1.90 bits per heavy atom. The van der Waals surface area contributed by atoms with Crippen LogP contribution in [0.4, 0.5) is 5.69 Å². The van der Waals surface area contributed by atoms with Gasteiger partial charge in [0.1, 0.15) is 5.41 Å². The van der Waals surface area contributed by atoms with E-state index in [0.29, 0.717) is 12.8 Å². The Balaban J connectivity index is 1.71. The van der Waals surface area contributed by atoms with Crippen LogP contribution in [0.15, 0.2) is 24.3 Å². The molecule has 1 N–H and O–H groups in total. The fraction of sp³-hybridized carbons (Fsp3) is 0.500. The van der Waals surface area contributed by atoms with Crippen LogP contribution in [-0.4, -0.2) is 29.8 Å². The van der Waals surface area contributed by atoms with Gasteiger partial charge in [-0.15, -0.1) is 0 Å². The fourth-order valence-electron chi connectivity index (χ4n) is 2.86. The van der Waals surface area contributed by atoms with Gasteiger partial charge in [0.2, 0.25) is 11.8 Å². The van der Waals surface area contributed by atoms with E-state index in [0.717, 1.165) is 37.2 Å². The molecule has 1 heterocycles. The molecule has 106 valence electrons. The molecule has 4 nitrogen and oxygen atoms in total. The number of nitrogens with one attached hydrogen (secondary N) is 1. The van der Waals surface area contributed by atoms with Crippen LogP contribution in [0.1, 0.15) is 31.2 Å². The van der Waals surface area contributed by atoms with E-state index in [2.05, 4.69) is 5.32 Å². The molecule has 0 atom stereocenters. The first-order valence-corrected chi connectivity index (χ1v) is 7.29. The van der Waals surface area contributed by atoms with Gasteiger partial charge in [-0.25, -0.2) is 0 Å². The number of amides is 2. The summed E-state index contributed by atoms with van der Waals surface area (Å²) in [6.07, 6.45) is 3.47. The van der Waals surface area contributed by atoms with Crippen LogP contribution < -0.4 is 5.32 Å². The Hall–Kier alpha value is -1.84. The Labute approximate surface area is 119 Å². The van der Waals surface area contributed by atoms with Crippen molar-refractivity contribution in [2.45, 2.75) is 32.6 Å². The standard InChI is InChI=1S/C16H20N2O2/c1-12-5-4-6-13(11-12)17-14(19)16(7-8-16)15(20)18-9-2-3-10-18/h4-6,11H,2-3,7-10H2,1H3,(H,17,19). The summed E-state index contributed by atoms with van der Waals surface area (Å²) in [6, 6.07) is 7.68. The zero-order valence-corrected chi connectivity index (χ0v) is 11.8. The number of rotatable bonds is 3. The third-order valence-corrected chi connectivity index (χ3v) is 4.26. The smallest absolute Gasteiger partial charge is 0.240 e. The highest BCUT2D eigenvalue weighted by Gasteiger charge is 2.58. The lowest BCUT2D eigenvalue weighted by atomic mass is 10.0. The number of benzene rings is 1. The van der Waals surface area contributed by atoms with Gasteiger partial charge in [-0.1, -0.05) is 12.1 Å². The highest BCUT2D eigenvalue weighted by molar-refractivity contribution is 6.13. The molecule has 20 heavy (non-hydrogen) atoms. The molecule has 0 bridgehead atoms. The van der Waals surface area contributed by atoms with Crippen LogP contribution in [-0.2, 0) is 9.59 Å². The van der Waals surface area contributed by atoms with Crippen molar-refractivity contribution in [1.82, 2.24) is 4.90 Å². The maximum absolute atomic E-state index is 12.5. The Morgan fingerprint density at radius 1 is 1.20 bits per heavy atom. The van der Waals surface area contributed by atoms with E-state index in [1.54, 1.807) is 0 Å². The summed E-state index contributed by atoms with van der Waals surface area (Å²) in [7, 11) is 0. The largest absolute Gasteiger partial charge is 0.342 e. The van der Waals surface area contributed by atoms with Crippen molar-refractivity contribution in [2.75, 3.05) is 18.4 Å². The van der Waals surface area contributed by atoms with E-state index in [1.165, 1.54) is 0 Å². The van der Waals surface area contributed by atoms with Gasteiger partial charge in [0, 0.05) is 18.8 Å². The van der Waals surface area contributed by atoms with Gasteiger partial charge in [-0.05, 0) is 50.3 Å². The van der Waals surface area contributed by atoms with Crippen LogP contribution >= 0.6 is 0 Å². The number of anilines is 1. The predicted octanol–water partition coefficient (Wildman–Crippen LogP) is 2.34. The summed E-state index contributed by atoms with van der Waals surface area (Å²) in [5.41, 5.74) is 1.09. The summed E-state index contributed by atoms with van der Waals surface area (Å²) >= 11 is 0. The summed E-state index contributed by atoms with van der Waals surface area (Å²) < 4.78 is 0. The maximum atomic E-state index is 12.5. The third kappa shape index (κ3) is 2.30. The quantitative estimate of drug-likeness (QED) is 0.859. The minimum absolute atomic E-state index is 0.0279. The van der Waals surface area contributed by atoms with Gasteiger partial charge < -0.3 is 10.2 Å². The predicted molar refractivity (Wildman–Crippen MR) is 77.3 cm³/mol. The van der Waals surface area contributed by atoms with Gasteiger partial charge in [-0.3, -0.25) is 9.59 Å². The maximum Gasteiger partial charge on any atom is 0.240 e. The van der Waals surface area contributed by atoms with Crippen molar-refractivity contribution in [3.63, 3.8) is 0 Å². The van der Waals surface area contributed by atoms with Crippen molar-refractivity contribution in [3.8, 4) is 0 Å². The lowest BCUT2D eigenvalue weighted by Gasteiger charge is -2.22. The molecule has 1 aromatic rings. The summed E-state index contributed by atoms with van der Waals surface area (Å²) in [6.45, 7) is 3.59. The molecule has 1 aliphatic carbocycles. The van der Waals surface area contributed by atoms with Crippen LogP contribution in [0.2, 0.25) is 0 Å². The van der Waals surface area contributed by atoms with Gasteiger partial charge in [0.05, 0.1) is 0 Å². The van der Waals surface area contributed by atoms with E-state index in [-0.39, 0.29) is 11.8 Å². The lowest BCUT2D eigenvalue weighted by molar-refractivity contribution is -0.141. The summed E-state index contributed by atoms with van der Waals surface area (Å²) in [5, 5.41) is 2.90. The van der Waals surface area contributed by atoms with Gasteiger partial charge >= 0.3 is 0 Å². The first kappa shape index (κ1) is 13.2. The van der Waals surface area contributed by atoms with E-state index < -0.39 is 5.41 Å². The molecule has 3 rings (SSSR count). The van der Waals surface area contributed by atoms with Gasteiger partial charge in [0.15, 0.2) is 0 Å². The van der Waals surface area contributed by atoms with Crippen molar-refractivity contribution >= 4 is 17.5 Å². The van der Waals surface area contributed by atoms with Gasteiger partial charge in [-0.2, -0.15) is 0 Å². The molecule has 1 saturated carbocycles. The zero-order chi connectivity index (χ0) is 14.2. The molecule has 2 fully saturated rings. The highest BCUT2D eigenvalue weighted by atomic mass is 16.2. The highest BCUT2D eigenvalue weighted by Crippen LogP contribution is 2.48. The van der Waals surface area contributed by atoms with Crippen LogP contribution in [0.3, 0.4) is 0 Å². The second-order valence-electron chi connectivity index (χ2n) is 5.91. The Bertz CT molecular complexity index is 543. The minimum Gasteiger partial charge on any atom is -0.342 e. The van der Waals surface area contributed by atoms with E-state index >= 15 is 0 Å². The van der Waals surface area contributed by atoms with Crippen LogP contribution in [0, 0.1) is 12.3 Å². The van der Waals surface area contributed by atoms with Crippen molar-refractivity contribution in [3.05, 3.63) is 29.8 Å². The average molecular weight is 272 g/mol. The van der Waals surface area contributed by atoms with E-state index in [1.807, 2.05) is 36.1 Å². The van der Waals surface area contributed by atoms with Crippen LogP contribution in [0.25, 0.3) is 0 Å². The zero-order valence-electron chi connectivity index (χ0n) is 11.8. The molecule has 4 heteroatoms. The Morgan fingerprint density at radius 3 is 2.50 bits per heavy atom. The summed E-state index contributed by atoms with van der Waals surface area (Å²) in [4.78, 5) is 26.8. The first-order chi connectivity index (χ1) is 9.62. The van der Waals surface area contributed by atoms with Crippen molar-refractivity contribution in [2.24, 2.45) is 5.41 Å². The topological polar surface area (TPSA) is 49.4 Å². The molecule has 0 unspecified atom stereocenters. The number of hydrogen-bond donors (Lipinski definition) is 1. The molecule has 1 aliphatic heterocycles. The second-order valence-corrected chi connectivity index (χ2v) is 5.91. The second kappa shape index (κ2) is 4.93. The van der Waals surface area contributed by atoms with Crippen molar-refractivity contribution < 1.29 is 9.59 Å². The number of carbonyl (C=O) groups excluding carboxylic acids is 2. The molecule has 1 aromatic carbocycles. The average Bonchev–Trinajstić information content (AvgIpc) is 3.06. The SMILES string of the molecule is Cc1cccc(NC(=O)C2(C(=O)N3CCCC3)CC2)c1. The molecule has 2 amide bonds. The third-order valence-electron chi connectivity index (χ3n) is 4.26. The molecule has 1 saturated heterocycles.